The van der Waals surface area contributed by atoms with Crippen LogP contribution < -0.4 is 5.32 Å². The molecule has 1 fully saturated rings. The van der Waals surface area contributed by atoms with Gasteiger partial charge in [0, 0.05) is 12.1 Å². The highest BCUT2D eigenvalue weighted by Crippen LogP contribution is 2.39. The van der Waals surface area contributed by atoms with Gasteiger partial charge >= 0.3 is 0 Å². The lowest BCUT2D eigenvalue weighted by Crippen LogP contribution is -2.17. The molecule has 0 radical (unpaired) electrons. The molecule has 3 heterocycles. The third kappa shape index (κ3) is 3.99. The molecule has 0 saturated heterocycles. The van der Waals surface area contributed by atoms with E-state index in [1.165, 1.54) is 6.07 Å². The molecule has 0 spiro atoms. The molecule has 1 N–H and O–H groups in total. The number of aryl methyl sites for hydroxylation is 1. The molecule has 1 aliphatic carbocycles. The Balaban J connectivity index is 1.43. The van der Waals surface area contributed by atoms with E-state index in [2.05, 4.69) is 30.8 Å². The second kappa shape index (κ2) is 8.19. The summed E-state index contributed by atoms with van der Waals surface area (Å²) in [6, 6.07) is 8.37. The normalized spacial score (nSPS) is 13.5. The van der Waals surface area contributed by atoms with Crippen LogP contribution in [-0.4, -0.2) is 40.6 Å². The van der Waals surface area contributed by atoms with Gasteiger partial charge in [0.05, 0.1) is 29.3 Å². The maximum absolute atomic E-state index is 15.5. The van der Waals surface area contributed by atoms with Crippen LogP contribution in [0.2, 0.25) is 0 Å². The van der Waals surface area contributed by atoms with Gasteiger partial charge < -0.3 is 9.88 Å². The zero-order valence-corrected chi connectivity index (χ0v) is 18.5. The Morgan fingerprint density at radius 2 is 2.03 bits per heavy atom. The lowest BCUT2D eigenvalue weighted by atomic mass is 10.1. The number of amides is 1. The number of hydrogen-bond donors (Lipinski definition) is 1. The van der Waals surface area contributed by atoms with E-state index in [1.54, 1.807) is 46.8 Å². The number of tetrazole rings is 1. The van der Waals surface area contributed by atoms with Crippen LogP contribution in [0.3, 0.4) is 0 Å². The van der Waals surface area contributed by atoms with Crippen LogP contribution in [0.15, 0.2) is 42.9 Å². The molecule has 1 aromatic carbocycles. The zero-order chi connectivity index (χ0) is 23.1. The average molecular weight is 446 g/mol. The molecule has 168 valence electrons. The minimum Gasteiger partial charge on any atom is -0.306 e. The van der Waals surface area contributed by atoms with Crippen LogP contribution in [0.5, 0.6) is 0 Å². The summed E-state index contributed by atoms with van der Waals surface area (Å²) in [6.07, 6.45) is 5.66. The van der Waals surface area contributed by atoms with E-state index < -0.39 is 11.7 Å². The number of nitrogens with zero attached hydrogens (tertiary/aromatic N) is 7. The Morgan fingerprint density at radius 3 is 2.79 bits per heavy atom. The molecule has 33 heavy (non-hydrogen) atoms. The van der Waals surface area contributed by atoms with Gasteiger partial charge in [0.1, 0.15) is 11.5 Å². The number of carbonyl (C=O) groups excluding carboxylic acids is 1. The van der Waals surface area contributed by atoms with Crippen LogP contribution in [0.25, 0.3) is 17.2 Å². The third-order valence-corrected chi connectivity index (χ3v) is 5.62. The number of imidazole rings is 1. The summed E-state index contributed by atoms with van der Waals surface area (Å²) >= 11 is 0. The molecule has 1 aliphatic rings. The Hall–Kier alpha value is -3.95. The number of hydrogen-bond acceptors (Lipinski definition) is 6. The van der Waals surface area contributed by atoms with E-state index in [-0.39, 0.29) is 17.4 Å². The highest BCUT2D eigenvalue weighted by molar-refractivity contribution is 6.04. The maximum Gasteiger partial charge on any atom is 0.259 e. The summed E-state index contributed by atoms with van der Waals surface area (Å²) in [5.74, 6) is 0.0140. The molecule has 1 saturated carbocycles. The monoisotopic (exact) mass is 446 g/mol. The molecule has 1 amide bonds. The smallest absolute Gasteiger partial charge is 0.259 e. The first kappa shape index (κ1) is 20.9. The number of nitrogens with one attached hydrogen (secondary N) is 1. The van der Waals surface area contributed by atoms with E-state index in [1.807, 2.05) is 20.0 Å². The predicted molar refractivity (Wildman–Crippen MR) is 120 cm³/mol. The van der Waals surface area contributed by atoms with Crippen molar-refractivity contribution >= 4 is 11.7 Å². The largest absolute Gasteiger partial charge is 0.306 e. The SMILES string of the molecule is Cc1ccc(C(=O)Nc2cccc(-c3nnnn3C(C)C)n2)c(F)c1-n1cnc(C2CC2)c1. The Morgan fingerprint density at radius 1 is 1.21 bits per heavy atom. The van der Waals surface area contributed by atoms with Crippen molar-refractivity contribution in [2.75, 3.05) is 5.32 Å². The molecule has 0 atom stereocenters. The van der Waals surface area contributed by atoms with Crippen molar-refractivity contribution in [2.24, 2.45) is 0 Å². The second-order valence-electron chi connectivity index (χ2n) is 8.48. The van der Waals surface area contributed by atoms with E-state index in [0.717, 1.165) is 18.5 Å². The van der Waals surface area contributed by atoms with Crippen LogP contribution >= 0.6 is 0 Å². The first-order chi connectivity index (χ1) is 15.9. The molecular weight excluding hydrogens is 423 g/mol. The van der Waals surface area contributed by atoms with Gasteiger partial charge in [-0.15, -0.1) is 5.10 Å². The summed E-state index contributed by atoms with van der Waals surface area (Å²) in [5, 5.41) is 14.4. The number of rotatable bonds is 6. The van der Waals surface area contributed by atoms with Gasteiger partial charge in [0.2, 0.25) is 5.82 Å². The minimum absolute atomic E-state index is 0.0405. The van der Waals surface area contributed by atoms with E-state index >= 15 is 4.39 Å². The summed E-state index contributed by atoms with van der Waals surface area (Å²) in [4.78, 5) is 21.8. The Kier molecular flexibility index (Phi) is 5.20. The highest BCUT2D eigenvalue weighted by Gasteiger charge is 2.27. The fourth-order valence-electron chi connectivity index (χ4n) is 3.73. The van der Waals surface area contributed by atoms with Crippen LogP contribution in [-0.2, 0) is 0 Å². The number of carbonyl (C=O) groups is 1. The van der Waals surface area contributed by atoms with Crippen LogP contribution in [0.1, 0.15) is 60.3 Å². The third-order valence-electron chi connectivity index (χ3n) is 5.62. The molecule has 9 nitrogen and oxygen atoms in total. The van der Waals surface area contributed by atoms with Gasteiger partial charge in [-0.2, -0.15) is 0 Å². The lowest BCUT2D eigenvalue weighted by molar-refractivity contribution is 0.102. The number of anilines is 1. The Labute approximate surface area is 189 Å². The topological polar surface area (TPSA) is 103 Å². The minimum atomic E-state index is -0.604. The van der Waals surface area contributed by atoms with Crippen molar-refractivity contribution in [1.82, 2.24) is 34.7 Å². The van der Waals surface area contributed by atoms with Crippen LogP contribution in [0, 0.1) is 12.7 Å². The van der Waals surface area contributed by atoms with E-state index in [9.17, 15) is 4.79 Å². The molecule has 5 rings (SSSR count). The number of pyridine rings is 1. The molecule has 4 aromatic rings. The van der Waals surface area contributed by atoms with Gasteiger partial charge in [0.25, 0.3) is 5.91 Å². The van der Waals surface area contributed by atoms with Crippen LogP contribution in [0.4, 0.5) is 10.2 Å². The summed E-state index contributed by atoms with van der Waals surface area (Å²) in [5.41, 5.74) is 2.41. The van der Waals surface area contributed by atoms with Gasteiger partial charge in [-0.3, -0.25) is 4.79 Å². The first-order valence-corrected chi connectivity index (χ1v) is 10.8. The molecule has 0 bridgehead atoms. The second-order valence-corrected chi connectivity index (χ2v) is 8.48. The standard InChI is InChI=1S/C23H23FN8O/c1-13(2)32-22(28-29-30-32)17-5-4-6-19(26-17)27-23(33)16-10-7-14(3)21(20(16)24)31-11-18(25-12-31)15-8-9-15/h4-7,10-13,15H,8-9H2,1-3H3,(H,26,27,33). The van der Waals surface area contributed by atoms with Crippen molar-refractivity contribution in [3.8, 4) is 17.2 Å². The predicted octanol–water partition coefficient (Wildman–Crippen LogP) is 4.08. The first-order valence-electron chi connectivity index (χ1n) is 10.8. The molecule has 10 heteroatoms. The zero-order valence-electron chi connectivity index (χ0n) is 18.5. The van der Waals surface area contributed by atoms with Crippen molar-refractivity contribution < 1.29 is 9.18 Å². The number of halogens is 1. The summed E-state index contributed by atoms with van der Waals surface area (Å²) < 4.78 is 18.8. The molecule has 0 aliphatic heterocycles. The van der Waals surface area contributed by atoms with Gasteiger partial charge in [-0.1, -0.05) is 12.1 Å². The van der Waals surface area contributed by atoms with Gasteiger partial charge in [-0.25, -0.2) is 19.0 Å². The summed E-state index contributed by atoms with van der Waals surface area (Å²) in [6.45, 7) is 5.72. The van der Waals surface area contributed by atoms with Gasteiger partial charge in [0.15, 0.2) is 5.82 Å². The average Bonchev–Trinajstić information content (AvgIpc) is 3.31. The van der Waals surface area contributed by atoms with Crippen molar-refractivity contribution in [1.29, 1.82) is 0 Å². The van der Waals surface area contributed by atoms with E-state index in [0.29, 0.717) is 28.7 Å². The van der Waals surface area contributed by atoms with Crippen molar-refractivity contribution in [2.45, 2.75) is 45.6 Å². The molecule has 3 aromatic heterocycles. The number of aromatic nitrogens is 7. The lowest BCUT2D eigenvalue weighted by Gasteiger charge is -2.13. The van der Waals surface area contributed by atoms with Crippen molar-refractivity contribution in [3.05, 3.63) is 65.5 Å². The fraction of sp³-hybridized carbons (Fsp3) is 0.304. The maximum atomic E-state index is 15.5. The van der Waals surface area contributed by atoms with Gasteiger partial charge in [-0.05, 0) is 67.8 Å². The number of benzene rings is 1. The quantitative estimate of drug-likeness (QED) is 0.479. The Bertz CT molecular complexity index is 1340. The van der Waals surface area contributed by atoms with Crippen molar-refractivity contribution in [3.63, 3.8) is 0 Å². The molecular formula is C23H23FN8O. The highest BCUT2D eigenvalue weighted by atomic mass is 19.1. The summed E-state index contributed by atoms with van der Waals surface area (Å²) in [7, 11) is 0. The molecule has 0 unspecified atom stereocenters. The fourth-order valence-corrected chi connectivity index (χ4v) is 3.73. The van der Waals surface area contributed by atoms with E-state index in [4.69, 9.17) is 0 Å².